The number of nitrogens with zero attached hydrogens (tertiary/aromatic N) is 6. The van der Waals surface area contributed by atoms with Gasteiger partial charge in [0.25, 0.3) is 5.91 Å². The molecule has 7 unspecified atom stereocenters. The predicted octanol–water partition coefficient (Wildman–Crippen LogP) is 5.86. The number of methoxy groups -OCH3 is 1. The molecule has 0 N–H and O–H groups in total. The summed E-state index contributed by atoms with van der Waals surface area (Å²) in [4.78, 5) is 27.4. The summed E-state index contributed by atoms with van der Waals surface area (Å²) in [6, 6.07) is 10.7. The smallest absolute Gasteiger partial charge is 0.318 e. The number of piperazine rings is 1. The highest BCUT2D eigenvalue weighted by atomic mass is 35.5. The average Bonchev–Trinajstić information content (AvgIpc) is 3.22. The van der Waals surface area contributed by atoms with Gasteiger partial charge in [-0.2, -0.15) is 15.2 Å². The van der Waals surface area contributed by atoms with Crippen molar-refractivity contribution >= 4 is 32.6 Å². The quantitative estimate of drug-likeness (QED) is 0.272. The van der Waals surface area contributed by atoms with Crippen LogP contribution in [0.1, 0.15) is 61.5 Å². The zero-order valence-electron chi connectivity index (χ0n) is 26.0. The number of hydrogen-bond acceptors (Lipinski definition) is 7. The number of ether oxygens (including phenoxy) is 1. The molecule has 7 atom stereocenters. The number of fused-ring (bicyclic) bond motifs is 2. The fraction of sp³-hybridized carbons (Fsp3) is 0.576. The Labute approximate surface area is 272 Å². The number of anilines is 1. The SMILES string of the molecule is C=C(F)C(=O)N1CCN(c2nc(OC)nc3c2CCC(CCc2ccccc2Cl)C3P)CC1CC#N.CC1C(F)CC2CCN21. The Bertz CT molecular complexity index is 1440. The Morgan fingerprint density at radius 2 is 2.02 bits per heavy atom. The zero-order valence-corrected chi connectivity index (χ0v) is 27.9. The van der Waals surface area contributed by atoms with E-state index in [0.717, 1.165) is 66.3 Å². The van der Waals surface area contributed by atoms with Crippen molar-refractivity contribution in [1.82, 2.24) is 19.8 Å². The van der Waals surface area contributed by atoms with Gasteiger partial charge in [-0.15, -0.1) is 9.24 Å². The Kier molecular flexibility index (Phi) is 10.9. The largest absolute Gasteiger partial charge is 0.467 e. The molecule has 8 nitrogen and oxygen atoms in total. The van der Waals surface area contributed by atoms with Crippen LogP contribution in [0.5, 0.6) is 6.01 Å². The lowest BCUT2D eigenvalue weighted by molar-refractivity contribution is -0.131. The standard InChI is InChI=1S/C26H30ClFN5O2P.C7H12FN/c1-16(28)25(34)33-14-13-32(15-19(33)11-12-29)24-20-10-9-18(8-7-17-5-3-4-6-21(17)27)23(36)22(20)30-26(31-24)35-2;1-5-7(8)4-6-2-3-9(5)6/h3-6,18-19,23H,1,7-11,13-15,36H2,2H3;5-7H,2-4H2,1H3. The van der Waals surface area contributed by atoms with E-state index in [9.17, 15) is 18.8 Å². The van der Waals surface area contributed by atoms with Crippen LogP contribution in [0, 0.1) is 17.2 Å². The van der Waals surface area contributed by atoms with Crippen molar-refractivity contribution in [2.45, 2.75) is 81.8 Å². The van der Waals surface area contributed by atoms with E-state index in [1.807, 2.05) is 25.1 Å². The molecule has 3 fully saturated rings. The number of nitriles is 1. The van der Waals surface area contributed by atoms with Gasteiger partial charge in [0.1, 0.15) is 12.0 Å². The van der Waals surface area contributed by atoms with Gasteiger partial charge in [-0.25, -0.2) is 8.78 Å². The molecule has 242 valence electrons. The van der Waals surface area contributed by atoms with Crippen LogP contribution in [-0.2, 0) is 17.6 Å². The summed E-state index contributed by atoms with van der Waals surface area (Å²) in [5.41, 5.74) is 3.29. The second kappa shape index (κ2) is 14.7. The molecule has 1 amide bonds. The summed E-state index contributed by atoms with van der Waals surface area (Å²) in [6.45, 7) is 7.37. The molecular weight excluding hydrogens is 617 g/mol. The maximum atomic E-state index is 13.6. The second-order valence-corrected chi connectivity index (χ2v) is 13.5. The Morgan fingerprint density at radius 3 is 2.62 bits per heavy atom. The van der Waals surface area contributed by atoms with Gasteiger partial charge in [0.15, 0.2) is 5.83 Å². The van der Waals surface area contributed by atoms with Gasteiger partial charge in [0.2, 0.25) is 0 Å². The van der Waals surface area contributed by atoms with Crippen LogP contribution in [0.4, 0.5) is 14.6 Å². The van der Waals surface area contributed by atoms with E-state index in [4.69, 9.17) is 21.3 Å². The molecule has 3 aliphatic heterocycles. The highest BCUT2D eigenvalue weighted by molar-refractivity contribution is 7.17. The van der Waals surface area contributed by atoms with E-state index in [2.05, 4.69) is 42.7 Å². The summed E-state index contributed by atoms with van der Waals surface area (Å²) in [5, 5.41) is 10.1. The number of amides is 1. The number of rotatable bonds is 7. The van der Waals surface area contributed by atoms with Crippen LogP contribution >= 0.6 is 20.8 Å². The first-order valence-electron chi connectivity index (χ1n) is 15.7. The Balaban J connectivity index is 0.000000377. The van der Waals surface area contributed by atoms with Crippen LogP contribution in [0.2, 0.25) is 5.02 Å². The molecule has 4 heterocycles. The molecule has 3 saturated heterocycles. The topological polar surface area (TPSA) is 85.6 Å². The Morgan fingerprint density at radius 1 is 1.24 bits per heavy atom. The predicted molar refractivity (Wildman–Crippen MR) is 175 cm³/mol. The van der Waals surface area contributed by atoms with Crippen molar-refractivity contribution in [1.29, 1.82) is 5.26 Å². The van der Waals surface area contributed by atoms with Gasteiger partial charge in [-0.3, -0.25) is 9.69 Å². The van der Waals surface area contributed by atoms with E-state index < -0.39 is 23.9 Å². The first-order chi connectivity index (χ1) is 21.6. The van der Waals surface area contributed by atoms with Crippen LogP contribution < -0.4 is 9.64 Å². The molecule has 1 aliphatic carbocycles. The van der Waals surface area contributed by atoms with Crippen molar-refractivity contribution in [2.24, 2.45) is 5.92 Å². The Hall–Kier alpha value is -2.86. The second-order valence-electron chi connectivity index (χ2n) is 12.4. The normalized spacial score (nSPS) is 27.3. The number of hydrogen-bond donors (Lipinski definition) is 0. The van der Waals surface area contributed by atoms with Crippen molar-refractivity contribution in [2.75, 3.05) is 38.2 Å². The fourth-order valence-corrected chi connectivity index (χ4v) is 7.99. The van der Waals surface area contributed by atoms with Crippen molar-refractivity contribution < 1.29 is 18.3 Å². The minimum Gasteiger partial charge on any atom is -0.467 e. The van der Waals surface area contributed by atoms with Crippen LogP contribution in [0.25, 0.3) is 0 Å². The highest BCUT2D eigenvalue weighted by Gasteiger charge is 2.43. The van der Waals surface area contributed by atoms with Crippen molar-refractivity contribution in [3.63, 3.8) is 0 Å². The van der Waals surface area contributed by atoms with E-state index in [1.54, 1.807) is 7.11 Å². The molecule has 6 rings (SSSR count). The molecule has 0 radical (unpaired) electrons. The van der Waals surface area contributed by atoms with E-state index in [1.165, 1.54) is 11.3 Å². The van der Waals surface area contributed by atoms with Crippen LogP contribution in [0.3, 0.4) is 0 Å². The van der Waals surface area contributed by atoms with Crippen molar-refractivity contribution in [3.8, 4) is 12.1 Å². The molecule has 0 bridgehead atoms. The van der Waals surface area contributed by atoms with Gasteiger partial charge in [-0.05, 0) is 63.0 Å². The zero-order chi connectivity index (χ0) is 32.2. The van der Waals surface area contributed by atoms with Crippen LogP contribution in [0.15, 0.2) is 36.7 Å². The lowest BCUT2D eigenvalue weighted by Crippen LogP contribution is -2.55. The summed E-state index contributed by atoms with van der Waals surface area (Å²) in [7, 11) is 4.50. The molecule has 0 saturated carbocycles. The highest BCUT2D eigenvalue weighted by Crippen LogP contribution is 2.45. The number of benzene rings is 1. The first-order valence-corrected chi connectivity index (χ1v) is 16.8. The first kappa shape index (κ1) is 33.5. The summed E-state index contributed by atoms with van der Waals surface area (Å²) in [5.74, 6) is -0.602. The number of alkyl halides is 1. The van der Waals surface area contributed by atoms with Gasteiger partial charge < -0.3 is 14.5 Å². The maximum Gasteiger partial charge on any atom is 0.318 e. The summed E-state index contributed by atoms with van der Waals surface area (Å²) >= 11 is 6.37. The molecule has 45 heavy (non-hydrogen) atoms. The number of carbonyl (C=O) groups is 1. The molecule has 4 aliphatic rings. The third kappa shape index (κ3) is 7.26. The fourth-order valence-electron chi connectivity index (χ4n) is 7.10. The molecule has 1 aromatic heterocycles. The van der Waals surface area contributed by atoms with E-state index in [-0.39, 0.29) is 30.7 Å². The minimum absolute atomic E-state index is 0.0936. The number of aromatic nitrogens is 2. The maximum absolute atomic E-state index is 13.6. The van der Waals surface area contributed by atoms with Crippen LogP contribution in [-0.4, -0.2) is 83.3 Å². The van der Waals surface area contributed by atoms with Gasteiger partial charge in [-0.1, -0.05) is 36.4 Å². The van der Waals surface area contributed by atoms with E-state index in [0.29, 0.717) is 25.0 Å². The monoisotopic (exact) mass is 658 g/mol. The minimum atomic E-state index is -1.01. The van der Waals surface area contributed by atoms with Gasteiger partial charge in [0, 0.05) is 54.5 Å². The van der Waals surface area contributed by atoms with Gasteiger partial charge >= 0.3 is 6.01 Å². The molecular formula is C33H42ClF2N6O2P. The summed E-state index contributed by atoms with van der Waals surface area (Å²) in [6.07, 6.45) is 5.24. The lowest BCUT2D eigenvalue weighted by atomic mass is 9.82. The molecule has 1 aromatic carbocycles. The molecule has 0 spiro atoms. The molecule has 2 aromatic rings. The number of aryl methyl sites for hydroxylation is 1. The summed E-state index contributed by atoms with van der Waals surface area (Å²) < 4.78 is 31.8. The van der Waals surface area contributed by atoms with Crippen molar-refractivity contribution in [3.05, 3.63) is 58.5 Å². The third-order valence-corrected chi connectivity index (χ3v) is 11.1. The lowest BCUT2D eigenvalue weighted by Gasteiger charge is -2.42. The number of carbonyl (C=O) groups excluding carboxylic acids is 1. The number of halogens is 3. The van der Waals surface area contributed by atoms with E-state index >= 15 is 0 Å². The molecule has 12 heteroatoms. The third-order valence-electron chi connectivity index (χ3n) is 9.85. The van der Waals surface area contributed by atoms with Gasteiger partial charge in [0.05, 0.1) is 31.3 Å². The average molecular weight is 659 g/mol.